The number of aromatic nitrogens is 3. The third kappa shape index (κ3) is 5.47. The van der Waals surface area contributed by atoms with Crippen molar-refractivity contribution in [1.29, 1.82) is 0 Å². The van der Waals surface area contributed by atoms with Gasteiger partial charge < -0.3 is 20.9 Å². The van der Waals surface area contributed by atoms with Crippen LogP contribution in [0.15, 0.2) is 91.4 Å². The van der Waals surface area contributed by atoms with Crippen molar-refractivity contribution in [1.82, 2.24) is 15.0 Å². The number of alkyl halides is 1. The average Bonchev–Trinajstić information content (AvgIpc) is 2.93. The first-order valence-electron chi connectivity index (χ1n) is 12.6. The molecule has 1 saturated heterocycles. The fraction of sp³-hybridized carbons (Fsp3) is 0.133. The predicted molar refractivity (Wildman–Crippen MR) is 153 cm³/mol. The maximum absolute atomic E-state index is 13.3. The summed E-state index contributed by atoms with van der Waals surface area (Å²) in [6.07, 6.45) is 4.25. The topological polar surface area (TPSA) is 95.1 Å². The molecule has 4 heterocycles. The first-order chi connectivity index (χ1) is 19.0. The normalized spacial score (nSPS) is 13.1. The quantitative estimate of drug-likeness (QED) is 0.235. The third-order valence-corrected chi connectivity index (χ3v) is 6.54. The molecule has 0 unspecified atom stereocenters. The molecule has 6 rings (SSSR count). The summed E-state index contributed by atoms with van der Waals surface area (Å²) in [6, 6.07) is 22.6. The van der Waals surface area contributed by atoms with Crippen LogP contribution in [0.5, 0.6) is 0 Å². The highest BCUT2D eigenvalue weighted by Gasteiger charge is 2.26. The Balaban J connectivity index is 1.11. The Morgan fingerprint density at radius 3 is 2.38 bits per heavy atom. The van der Waals surface area contributed by atoms with Gasteiger partial charge in [0, 0.05) is 52.4 Å². The summed E-state index contributed by atoms with van der Waals surface area (Å²) >= 11 is 0. The lowest BCUT2D eigenvalue weighted by Crippen LogP contribution is -2.48. The van der Waals surface area contributed by atoms with Crippen LogP contribution in [0.25, 0.3) is 10.9 Å². The van der Waals surface area contributed by atoms with Crippen molar-refractivity contribution in [2.75, 3.05) is 33.9 Å². The van der Waals surface area contributed by atoms with Gasteiger partial charge in [-0.3, -0.25) is 14.8 Å². The number of carbonyl (C=O) groups excluding carboxylic acids is 1. The summed E-state index contributed by atoms with van der Waals surface area (Å²) in [5.74, 6) is 0.346. The van der Waals surface area contributed by atoms with E-state index < -0.39 is 6.17 Å². The van der Waals surface area contributed by atoms with E-state index in [-0.39, 0.29) is 5.91 Å². The molecule has 1 aliphatic rings. The Morgan fingerprint density at radius 1 is 0.846 bits per heavy atom. The van der Waals surface area contributed by atoms with Crippen LogP contribution in [0, 0.1) is 6.92 Å². The lowest BCUT2D eigenvalue weighted by atomic mass is 10.1. The number of amides is 1. The molecular weight excluding hydrogens is 493 g/mol. The highest BCUT2D eigenvalue weighted by molar-refractivity contribution is 6.04. The first kappa shape index (κ1) is 24.3. The van der Waals surface area contributed by atoms with Crippen molar-refractivity contribution in [3.8, 4) is 0 Å². The van der Waals surface area contributed by atoms with Crippen molar-refractivity contribution in [2.24, 2.45) is 0 Å². The van der Waals surface area contributed by atoms with Crippen LogP contribution < -0.4 is 20.9 Å². The van der Waals surface area contributed by atoms with Crippen LogP contribution in [-0.4, -0.2) is 40.1 Å². The van der Waals surface area contributed by atoms with E-state index in [0.717, 1.165) is 39.3 Å². The number of benzene rings is 2. The number of anilines is 6. The van der Waals surface area contributed by atoms with E-state index in [0.29, 0.717) is 30.2 Å². The SMILES string of the molecule is Cc1cc(Nc2ccc(NC(=O)c3ccc(Nc4ccnc5ccc(N6CC(F)C6)cc45)nc3)cc2)ccn1. The van der Waals surface area contributed by atoms with Gasteiger partial charge in [0.15, 0.2) is 0 Å². The smallest absolute Gasteiger partial charge is 0.257 e. The second kappa shape index (κ2) is 10.4. The van der Waals surface area contributed by atoms with Gasteiger partial charge >= 0.3 is 0 Å². The molecule has 2 aromatic carbocycles. The molecule has 3 N–H and O–H groups in total. The first-order valence-corrected chi connectivity index (χ1v) is 12.6. The average molecular weight is 520 g/mol. The van der Waals surface area contributed by atoms with E-state index in [4.69, 9.17) is 0 Å². The van der Waals surface area contributed by atoms with E-state index in [1.165, 1.54) is 6.20 Å². The molecule has 0 spiro atoms. The van der Waals surface area contributed by atoms with E-state index in [2.05, 4.69) is 30.9 Å². The molecule has 1 fully saturated rings. The zero-order chi connectivity index (χ0) is 26.8. The number of nitrogens with one attached hydrogen (secondary N) is 3. The number of halogens is 1. The Kier molecular flexibility index (Phi) is 6.46. The molecule has 0 saturated carbocycles. The number of nitrogens with zero attached hydrogens (tertiary/aromatic N) is 4. The lowest BCUT2D eigenvalue weighted by Gasteiger charge is -2.36. The number of aryl methyl sites for hydroxylation is 1. The molecule has 0 atom stereocenters. The van der Waals surface area contributed by atoms with Gasteiger partial charge in [-0.15, -0.1) is 0 Å². The molecule has 0 aliphatic carbocycles. The Labute approximate surface area is 224 Å². The minimum Gasteiger partial charge on any atom is -0.366 e. The van der Waals surface area contributed by atoms with Crippen LogP contribution in [0.1, 0.15) is 16.1 Å². The van der Waals surface area contributed by atoms with Gasteiger partial charge in [-0.05, 0) is 79.7 Å². The lowest BCUT2D eigenvalue weighted by molar-refractivity contribution is 0.102. The van der Waals surface area contributed by atoms with Crippen molar-refractivity contribution >= 4 is 51.1 Å². The number of hydrogen-bond donors (Lipinski definition) is 3. The van der Waals surface area contributed by atoms with Gasteiger partial charge in [-0.1, -0.05) is 0 Å². The van der Waals surface area contributed by atoms with Crippen LogP contribution >= 0.6 is 0 Å². The summed E-state index contributed by atoms with van der Waals surface area (Å²) in [6.45, 7) is 2.76. The Hall–Kier alpha value is -5.05. The fourth-order valence-electron chi connectivity index (χ4n) is 4.45. The minimum atomic E-state index is -0.773. The highest BCUT2D eigenvalue weighted by Crippen LogP contribution is 2.31. The molecular formula is C30H26FN7O. The summed E-state index contributed by atoms with van der Waals surface area (Å²) in [7, 11) is 0. The van der Waals surface area contributed by atoms with Gasteiger partial charge in [-0.25, -0.2) is 9.37 Å². The van der Waals surface area contributed by atoms with Crippen LogP contribution in [0.4, 0.5) is 38.6 Å². The van der Waals surface area contributed by atoms with Crippen LogP contribution in [0.3, 0.4) is 0 Å². The Bertz CT molecular complexity index is 1630. The predicted octanol–water partition coefficient (Wildman–Crippen LogP) is 6.23. The molecule has 8 nitrogen and oxygen atoms in total. The molecule has 0 radical (unpaired) electrons. The minimum absolute atomic E-state index is 0.251. The van der Waals surface area contributed by atoms with Gasteiger partial charge in [0.2, 0.25) is 0 Å². The monoisotopic (exact) mass is 519 g/mol. The number of hydrogen-bond acceptors (Lipinski definition) is 7. The maximum Gasteiger partial charge on any atom is 0.257 e. The maximum atomic E-state index is 13.3. The van der Waals surface area contributed by atoms with Crippen LogP contribution in [0.2, 0.25) is 0 Å². The number of fused-ring (bicyclic) bond motifs is 1. The highest BCUT2D eigenvalue weighted by atomic mass is 19.1. The standard InChI is InChI=1S/C30H26FN7O/c1-19-14-24(10-12-32-19)35-22-3-5-23(6-4-22)36-30(39)20-2-9-29(34-16-20)37-28-11-13-33-27-8-7-25(15-26(27)28)38-17-21(31)18-38/h2-16,21H,17-18H2,1H3,(H,32,35)(H,36,39)(H,33,34,37). The summed E-state index contributed by atoms with van der Waals surface area (Å²) < 4.78 is 13.3. The molecule has 1 amide bonds. The number of carbonyl (C=O) groups is 1. The van der Waals surface area contributed by atoms with Gasteiger partial charge in [0.05, 0.1) is 29.9 Å². The van der Waals surface area contributed by atoms with E-state index in [1.54, 1.807) is 24.5 Å². The van der Waals surface area contributed by atoms with E-state index in [9.17, 15) is 9.18 Å². The molecule has 1 aliphatic heterocycles. The largest absolute Gasteiger partial charge is 0.366 e. The van der Waals surface area contributed by atoms with Gasteiger partial charge in [0.25, 0.3) is 5.91 Å². The van der Waals surface area contributed by atoms with Crippen molar-refractivity contribution in [3.05, 3.63) is 103 Å². The van der Waals surface area contributed by atoms with Crippen molar-refractivity contribution in [3.63, 3.8) is 0 Å². The van der Waals surface area contributed by atoms with Gasteiger partial charge in [-0.2, -0.15) is 0 Å². The molecule has 194 valence electrons. The van der Waals surface area contributed by atoms with Crippen molar-refractivity contribution < 1.29 is 9.18 Å². The van der Waals surface area contributed by atoms with Gasteiger partial charge in [0.1, 0.15) is 12.0 Å². The van der Waals surface area contributed by atoms with Crippen LogP contribution in [-0.2, 0) is 0 Å². The molecule has 0 bridgehead atoms. The summed E-state index contributed by atoms with van der Waals surface area (Å²) in [5.41, 5.74) is 6.53. The molecule has 5 aromatic rings. The fourth-order valence-corrected chi connectivity index (χ4v) is 4.45. The van der Waals surface area contributed by atoms with E-state index in [1.807, 2.05) is 72.5 Å². The zero-order valence-corrected chi connectivity index (χ0v) is 21.2. The molecule has 9 heteroatoms. The second-order valence-corrected chi connectivity index (χ2v) is 9.46. The second-order valence-electron chi connectivity index (χ2n) is 9.46. The van der Waals surface area contributed by atoms with E-state index >= 15 is 0 Å². The zero-order valence-electron chi connectivity index (χ0n) is 21.2. The number of pyridine rings is 3. The number of rotatable bonds is 7. The Morgan fingerprint density at radius 2 is 1.64 bits per heavy atom. The van der Waals surface area contributed by atoms with Crippen molar-refractivity contribution in [2.45, 2.75) is 13.1 Å². The third-order valence-electron chi connectivity index (χ3n) is 6.54. The molecule has 3 aromatic heterocycles. The summed E-state index contributed by atoms with van der Waals surface area (Å²) in [4.78, 5) is 27.9. The summed E-state index contributed by atoms with van der Waals surface area (Å²) in [5, 5.41) is 10.5. The molecule has 39 heavy (non-hydrogen) atoms.